The van der Waals surface area contributed by atoms with E-state index in [1.54, 1.807) is 18.2 Å². The molecule has 1 aromatic rings. The van der Waals surface area contributed by atoms with E-state index in [1.165, 1.54) is 0 Å². The van der Waals surface area contributed by atoms with Crippen LogP contribution in [0.4, 0.5) is 0 Å². The first kappa shape index (κ1) is 17.1. The highest BCUT2D eigenvalue weighted by molar-refractivity contribution is 6.35. The summed E-state index contributed by atoms with van der Waals surface area (Å²) >= 11 is 12.0. The van der Waals surface area contributed by atoms with Crippen molar-refractivity contribution in [1.29, 1.82) is 0 Å². The molecule has 1 saturated carbocycles. The van der Waals surface area contributed by atoms with Crippen molar-refractivity contribution in [2.24, 2.45) is 11.8 Å². The zero-order valence-electron chi connectivity index (χ0n) is 12.3. The molecule has 0 radical (unpaired) electrons. The standard InChI is InChI=1S/C16H19Cl2NO3/c1-9(13-7-6-12(17)8-14(13)18)19-15(20)10-2-4-11(5-3-10)16(21)22/h6-11H,2-5H2,1H3,(H,19,20)(H,21,22)/t9-,10?,11?/m0/s1. The van der Waals surface area contributed by atoms with Crippen molar-refractivity contribution in [2.75, 3.05) is 0 Å². The lowest BCUT2D eigenvalue weighted by Gasteiger charge is -2.27. The maximum absolute atomic E-state index is 12.3. The Bertz CT molecular complexity index is 569. The topological polar surface area (TPSA) is 66.4 Å². The Morgan fingerprint density at radius 3 is 2.32 bits per heavy atom. The summed E-state index contributed by atoms with van der Waals surface area (Å²) in [6.45, 7) is 1.87. The monoisotopic (exact) mass is 343 g/mol. The van der Waals surface area contributed by atoms with Crippen LogP contribution in [0.15, 0.2) is 18.2 Å². The number of halogens is 2. The Morgan fingerprint density at radius 1 is 1.18 bits per heavy atom. The third-order valence-corrected chi connectivity index (χ3v) is 4.80. The zero-order valence-corrected chi connectivity index (χ0v) is 13.8. The molecule has 120 valence electrons. The van der Waals surface area contributed by atoms with Gasteiger partial charge < -0.3 is 10.4 Å². The van der Waals surface area contributed by atoms with Gasteiger partial charge in [0.15, 0.2) is 0 Å². The first-order valence-corrected chi connectivity index (χ1v) is 8.12. The average molecular weight is 344 g/mol. The number of carbonyl (C=O) groups excluding carboxylic acids is 1. The van der Waals surface area contributed by atoms with Gasteiger partial charge in [-0.1, -0.05) is 29.3 Å². The number of hydrogen-bond donors (Lipinski definition) is 2. The number of hydrogen-bond acceptors (Lipinski definition) is 2. The van der Waals surface area contributed by atoms with E-state index < -0.39 is 5.97 Å². The molecule has 2 rings (SSSR count). The Labute approximate surface area is 139 Å². The highest BCUT2D eigenvalue weighted by Crippen LogP contribution is 2.30. The van der Waals surface area contributed by atoms with Crippen molar-refractivity contribution in [2.45, 2.75) is 38.6 Å². The number of amides is 1. The molecule has 1 aromatic carbocycles. The van der Waals surface area contributed by atoms with Gasteiger partial charge in [-0.3, -0.25) is 9.59 Å². The van der Waals surface area contributed by atoms with Gasteiger partial charge in [-0.2, -0.15) is 0 Å². The highest BCUT2D eigenvalue weighted by atomic mass is 35.5. The molecule has 1 amide bonds. The maximum atomic E-state index is 12.3. The van der Waals surface area contributed by atoms with Gasteiger partial charge in [-0.05, 0) is 50.3 Å². The lowest BCUT2D eigenvalue weighted by molar-refractivity contribution is -0.144. The van der Waals surface area contributed by atoms with E-state index in [4.69, 9.17) is 28.3 Å². The second-order valence-electron chi connectivity index (χ2n) is 5.78. The maximum Gasteiger partial charge on any atom is 0.306 e. The summed E-state index contributed by atoms with van der Waals surface area (Å²) in [6, 6.07) is 4.98. The molecular weight excluding hydrogens is 325 g/mol. The van der Waals surface area contributed by atoms with Crippen LogP contribution in [-0.4, -0.2) is 17.0 Å². The van der Waals surface area contributed by atoms with Gasteiger partial charge in [0.25, 0.3) is 0 Å². The molecule has 1 aliphatic rings. The molecule has 0 unspecified atom stereocenters. The zero-order chi connectivity index (χ0) is 16.3. The van der Waals surface area contributed by atoms with Crippen LogP contribution in [-0.2, 0) is 9.59 Å². The van der Waals surface area contributed by atoms with Gasteiger partial charge in [-0.15, -0.1) is 0 Å². The molecule has 1 fully saturated rings. The van der Waals surface area contributed by atoms with Gasteiger partial charge in [0.1, 0.15) is 0 Å². The number of carboxylic acids is 1. The van der Waals surface area contributed by atoms with Crippen LogP contribution in [0.1, 0.15) is 44.2 Å². The van der Waals surface area contributed by atoms with Gasteiger partial charge in [0.05, 0.1) is 12.0 Å². The average Bonchev–Trinajstić information content (AvgIpc) is 2.47. The molecule has 0 heterocycles. The van der Waals surface area contributed by atoms with E-state index in [-0.39, 0.29) is 23.8 Å². The molecule has 1 aliphatic carbocycles. The summed E-state index contributed by atoms with van der Waals surface area (Å²) in [5.74, 6) is -1.24. The molecule has 0 spiro atoms. The molecule has 2 N–H and O–H groups in total. The smallest absolute Gasteiger partial charge is 0.306 e. The first-order chi connectivity index (χ1) is 10.4. The summed E-state index contributed by atoms with van der Waals surface area (Å²) in [5, 5.41) is 13.0. The summed E-state index contributed by atoms with van der Waals surface area (Å²) in [7, 11) is 0. The third kappa shape index (κ3) is 4.14. The van der Waals surface area contributed by atoms with E-state index in [2.05, 4.69) is 5.32 Å². The molecule has 22 heavy (non-hydrogen) atoms. The second kappa shape index (κ2) is 7.34. The minimum Gasteiger partial charge on any atom is -0.481 e. The van der Waals surface area contributed by atoms with Crippen LogP contribution in [0, 0.1) is 11.8 Å². The Balaban J connectivity index is 1.93. The number of carbonyl (C=O) groups is 2. The number of aliphatic carboxylic acids is 1. The predicted octanol–water partition coefficient (Wildman–Crippen LogP) is 4.06. The van der Waals surface area contributed by atoms with Crippen molar-refractivity contribution >= 4 is 35.1 Å². The number of benzene rings is 1. The van der Waals surface area contributed by atoms with Crippen LogP contribution < -0.4 is 5.32 Å². The molecule has 4 nitrogen and oxygen atoms in total. The molecule has 0 aromatic heterocycles. The fourth-order valence-electron chi connectivity index (χ4n) is 2.86. The Hall–Kier alpha value is -1.26. The third-order valence-electron chi connectivity index (χ3n) is 4.23. The lowest BCUT2D eigenvalue weighted by atomic mass is 9.81. The SMILES string of the molecule is C[C@H](NC(=O)C1CCC(C(=O)O)CC1)c1ccc(Cl)cc1Cl. The molecule has 0 bridgehead atoms. The van der Waals surface area contributed by atoms with Gasteiger partial charge in [0.2, 0.25) is 5.91 Å². The second-order valence-corrected chi connectivity index (χ2v) is 6.63. The van der Waals surface area contributed by atoms with E-state index in [1.807, 2.05) is 6.92 Å². The fraction of sp³-hybridized carbons (Fsp3) is 0.500. The molecule has 1 atom stereocenters. The van der Waals surface area contributed by atoms with E-state index in [0.717, 1.165) is 5.56 Å². The molecule has 0 aliphatic heterocycles. The van der Waals surface area contributed by atoms with Gasteiger partial charge in [0, 0.05) is 16.0 Å². The van der Waals surface area contributed by atoms with E-state index >= 15 is 0 Å². The van der Waals surface area contributed by atoms with Crippen LogP contribution in [0.3, 0.4) is 0 Å². The van der Waals surface area contributed by atoms with Crippen LogP contribution >= 0.6 is 23.2 Å². The van der Waals surface area contributed by atoms with Crippen molar-refractivity contribution in [1.82, 2.24) is 5.32 Å². The minimum atomic E-state index is -0.764. The fourth-order valence-corrected chi connectivity index (χ4v) is 3.44. The summed E-state index contributed by atoms with van der Waals surface area (Å²) in [6.07, 6.45) is 2.35. The Kier molecular flexibility index (Phi) is 5.70. The number of nitrogens with one attached hydrogen (secondary N) is 1. The van der Waals surface area contributed by atoms with E-state index in [0.29, 0.717) is 35.7 Å². The Morgan fingerprint density at radius 2 is 1.77 bits per heavy atom. The predicted molar refractivity (Wildman–Crippen MR) is 86.1 cm³/mol. The molecular formula is C16H19Cl2NO3. The normalized spacial score (nSPS) is 22.9. The minimum absolute atomic E-state index is 0.0395. The van der Waals surface area contributed by atoms with E-state index in [9.17, 15) is 9.59 Å². The number of rotatable bonds is 4. The van der Waals surface area contributed by atoms with Crippen molar-refractivity contribution < 1.29 is 14.7 Å². The summed E-state index contributed by atoms with van der Waals surface area (Å²) in [5.41, 5.74) is 0.818. The van der Waals surface area contributed by atoms with Gasteiger partial charge in [-0.25, -0.2) is 0 Å². The highest BCUT2D eigenvalue weighted by Gasteiger charge is 2.30. The van der Waals surface area contributed by atoms with Crippen LogP contribution in [0.25, 0.3) is 0 Å². The molecule has 6 heteroatoms. The van der Waals surface area contributed by atoms with Crippen molar-refractivity contribution in [3.05, 3.63) is 33.8 Å². The molecule has 0 saturated heterocycles. The summed E-state index contributed by atoms with van der Waals surface area (Å²) < 4.78 is 0. The van der Waals surface area contributed by atoms with Crippen LogP contribution in [0.5, 0.6) is 0 Å². The quantitative estimate of drug-likeness (QED) is 0.866. The van der Waals surface area contributed by atoms with Crippen molar-refractivity contribution in [3.8, 4) is 0 Å². The number of carboxylic acid groups (broad SMARTS) is 1. The van der Waals surface area contributed by atoms with Crippen LogP contribution in [0.2, 0.25) is 10.0 Å². The van der Waals surface area contributed by atoms with Crippen molar-refractivity contribution in [3.63, 3.8) is 0 Å². The summed E-state index contributed by atoms with van der Waals surface area (Å²) in [4.78, 5) is 23.2. The van der Waals surface area contributed by atoms with Gasteiger partial charge >= 0.3 is 5.97 Å². The first-order valence-electron chi connectivity index (χ1n) is 7.36. The largest absolute Gasteiger partial charge is 0.481 e. The lowest BCUT2D eigenvalue weighted by Crippen LogP contribution is -2.35.